The topological polar surface area (TPSA) is 45.0 Å². The van der Waals surface area contributed by atoms with Crippen molar-refractivity contribution in [2.24, 2.45) is 9.39 Å². The molecule has 14 heavy (non-hydrogen) atoms. The molecule has 0 aromatic heterocycles. The van der Waals surface area contributed by atoms with Crippen molar-refractivity contribution in [1.82, 2.24) is 4.90 Å². The molecule has 4 nitrogen and oxygen atoms in total. The predicted molar refractivity (Wildman–Crippen MR) is 58.5 cm³/mol. The van der Waals surface area contributed by atoms with Gasteiger partial charge in [0.15, 0.2) is 11.6 Å². The van der Waals surface area contributed by atoms with Gasteiger partial charge in [0.2, 0.25) is 0 Å². The molecule has 74 valence electrons. The maximum absolute atomic E-state index is 11.5. The van der Waals surface area contributed by atoms with Crippen LogP contribution in [0, 0.1) is 0 Å². The molecule has 0 bridgehead atoms. The Kier molecular flexibility index (Phi) is 2.67. The molecule has 0 aromatic carbocycles. The quantitative estimate of drug-likeness (QED) is 0.643. The lowest BCUT2D eigenvalue weighted by molar-refractivity contribution is -0.112. The number of ketones is 1. The first-order valence-electron chi connectivity index (χ1n) is 4.57. The molecule has 0 spiro atoms. The van der Waals surface area contributed by atoms with E-state index in [1.54, 1.807) is 6.20 Å². The number of fused-ring (bicyclic) bond motifs is 1. The molecule has 0 fully saturated rings. The number of nitrogens with zero attached hydrogens (tertiary/aromatic N) is 3. The van der Waals surface area contributed by atoms with Crippen molar-refractivity contribution in [3.8, 4) is 0 Å². The molecule has 2 aliphatic rings. The number of aliphatic imine (C=N–C) groups is 1. The molecule has 0 N–H and O–H groups in total. The minimum absolute atomic E-state index is 0.0561. The lowest BCUT2D eigenvalue weighted by Crippen LogP contribution is -2.41. The number of amidine groups is 1. The number of Topliss-reactive ketones (excluding diaryl/α,β-unsaturated/α-hetero) is 1. The standard InChI is InChI=1S/C9H11N3OS/c1-2-7(13)8-9-11-14-6-5-12(9)4-3-10-8/h3-4H,2,5-6H2,1H3. The van der Waals surface area contributed by atoms with Crippen LogP contribution < -0.4 is 0 Å². The molecule has 5 heteroatoms. The third-order valence-corrected chi connectivity index (χ3v) is 2.76. The fourth-order valence-corrected chi connectivity index (χ4v) is 2.02. The Morgan fingerprint density at radius 1 is 1.71 bits per heavy atom. The lowest BCUT2D eigenvalue weighted by atomic mass is 10.1. The van der Waals surface area contributed by atoms with E-state index in [2.05, 4.69) is 9.39 Å². The summed E-state index contributed by atoms with van der Waals surface area (Å²) in [6, 6.07) is 0. The van der Waals surface area contributed by atoms with Crippen molar-refractivity contribution in [1.29, 1.82) is 0 Å². The van der Waals surface area contributed by atoms with Crippen molar-refractivity contribution in [2.45, 2.75) is 13.3 Å². The lowest BCUT2D eigenvalue weighted by Gasteiger charge is -2.27. The van der Waals surface area contributed by atoms with Crippen molar-refractivity contribution >= 4 is 29.3 Å². The largest absolute Gasteiger partial charge is 0.328 e. The van der Waals surface area contributed by atoms with Crippen LogP contribution in [0.4, 0.5) is 0 Å². The average Bonchev–Trinajstić information content (AvgIpc) is 2.27. The Morgan fingerprint density at radius 2 is 2.57 bits per heavy atom. The second kappa shape index (κ2) is 3.96. The minimum Gasteiger partial charge on any atom is -0.328 e. The molecule has 0 unspecified atom stereocenters. The maximum atomic E-state index is 11.5. The van der Waals surface area contributed by atoms with Crippen molar-refractivity contribution in [3.05, 3.63) is 12.4 Å². The van der Waals surface area contributed by atoms with Gasteiger partial charge in [0.05, 0.1) is 0 Å². The van der Waals surface area contributed by atoms with E-state index in [0.29, 0.717) is 12.1 Å². The summed E-state index contributed by atoms with van der Waals surface area (Å²) in [5.41, 5.74) is 0.502. The number of hydrogen-bond acceptors (Lipinski definition) is 5. The summed E-state index contributed by atoms with van der Waals surface area (Å²) >= 11 is 1.49. The molecule has 0 radical (unpaired) electrons. The molecule has 0 atom stereocenters. The molecule has 0 saturated heterocycles. The summed E-state index contributed by atoms with van der Waals surface area (Å²) in [6.45, 7) is 2.74. The van der Waals surface area contributed by atoms with Gasteiger partial charge >= 0.3 is 0 Å². The van der Waals surface area contributed by atoms with Gasteiger partial charge in [-0.2, -0.15) is 4.40 Å². The summed E-state index contributed by atoms with van der Waals surface area (Å²) in [5, 5.41) is 0. The van der Waals surface area contributed by atoms with Crippen LogP contribution in [0.25, 0.3) is 0 Å². The van der Waals surface area contributed by atoms with Gasteiger partial charge < -0.3 is 4.90 Å². The SMILES string of the molecule is CCC(=O)C1=NC=CN2CCSN=C12. The summed E-state index contributed by atoms with van der Waals surface area (Å²) in [7, 11) is 0. The van der Waals surface area contributed by atoms with Crippen LogP contribution in [0.5, 0.6) is 0 Å². The van der Waals surface area contributed by atoms with Crippen LogP contribution >= 0.6 is 11.9 Å². The highest BCUT2D eigenvalue weighted by molar-refractivity contribution is 7.98. The van der Waals surface area contributed by atoms with E-state index < -0.39 is 0 Å². The first kappa shape index (κ1) is 9.45. The molecular formula is C9H11N3OS. The first-order chi connectivity index (χ1) is 6.83. The fourth-order valence-electron chi connectivity index (χ4n) is 1.34. The Bertz CT molecular complexity index is 346. The minimum atomic E-state index is 0.0561. The zero-order chi connectivity index (χ0) is 9.97. The average molecular weight is 209 g/mol. The fraction of sp³-hybridized carbons (Fsp3) is 0.444. The monoisotopic (exact) mass is 209 g/mol. The van der Waals surface area contributed by atoms with Gasteiger partial charge in [-0.15, -0.1) is 0 Å². The third-order valence-electron chi connectivity index (χ3n) is 2.09. The molecule has 0 aromatic rings. The van der Waals surface area contributed by atoms with Gasteiger partial charge in [0.1, 0.15) is 5.71 Å². The van der Waals surface area contributed by atoms with Crippen LogP contribution in [-0.2, 0) is 4.79 Å². The Morgan fingerprint density at radius 3 is 3.36 bits per heavy atom. The zero-order valence-corrected chi connectivity index (χ0v) is 8.75. The van der Waals surface area contributed by atoms with Crippen molar-refractivity contribution in [2.75, 3.05) is 12.3 Å². The molecule has 0 saturated carbocycles. The second-order valence-corrected chi connectivity index (χ2v) is 3.84. The summed E-state index contributed by atoms with van der Waals surface area (Å²) < 4.78 is 4.26. The Hall–Kier alpha value is -1.10. The number of hydrogen-bond donors (Lipinski definition) is 0. The van der Waals surface area contributed by atoms with Gasteiger partial charge in [0, 0.05) is 31.1 Å². The van der Waals surface area contributed by atoms with Gasteiger partial charge in [-0.05, 0) is 11.9 Å². The third kappa shape index (κ3) is 1.59. The van der Waals surface area contributed by atoms with Crippen molar-refractivity contribution in [3.63, 3.8) is 0 Å². The summed E-state index contributed by atoms with van der Waals surface area (Å²) in [4.78, 5) is 17.6. The van der Waals surface area contributed by atoms with Gasteiger partial charge in [-0.1, -0.05) is 6.92 Å². The van der Waals surface area contributed by atoms with E-state index in [1.165, 1.54) is 11.9 Å². The van der Waals surface area contributed by atoms with Crippen molar-refractivity contribution < 1.29 is 4.79 Å². The molecule has 2 heterocycles. The normalized spacial score (nSPS) is 19.9. The maximum Gasteiger partial charge on any atom is 0.184 e. The highest BCUT2D eigenvalue weighted by Gasteiger charge is 2.25. The van der Waals surface area contributed by atoms with E-state index in [-0.39, 0.29) is 5.78 Å². The van der Waals surface area contributed by atoms with Gasteiger partial charge in [0.25, 0.3) is 0 Å². The zero-order valence-electron chi connectivity index (χ0n) is 7.93. The Labute approximate surface area is 86.9 Å². The molecule has 2 aliphatic heterocycles. The Balaban J connectivity index is 2.31. The predicted octanol–water partition coefficient (Wildman–Crippen LogP) is 1.25. The first-order valence-corrected chi connectivity index (χ1v) is 5.52. The number of carbonyl (C=O) groups excluding carboxylic acids is 1. The molecule has 0 aliphatic carbocycles. The summed E-state index contributed by atoms with van der Waals surface area (Å²) in [6.07, 6.45) is 4.01. The summed E-state index contributed by atoms with van der Waals surface area (Å²) in [5.74, 6) is 1.73. The van der Waals surface area contributed by atoms with E-state index in [1.807, 2.05) is 18.0 Å². The van der Waals surface area contributed by atoms with Crippen LogP contribution in [0.2, 0.25) is 0 Å². The van der Waals surface area contributed by atoms with Crippen LogP contribution in [0.1, 0.15) is 13.3 Å². The number of rotatable bonds is 2. The highest BCUT2D eigenvalue weighted by Crippen LogP contribution is 2.16. The molecular weight excluding hydrogens is 198 g/mol. The van der Waals surface area contributed by atoms with Crippen LogP contribution in [-0.4, -0.2) is 34.5 Å². The van der Waals surface area contributed by atoms with Gasteiger partial charge in [-0.25, -0.2) is 4.99 Å². The molecule has 0 amide bonds. The van der Waals surface area contributed by atoms with E-state index >= 15 is 0 Å². The van der Waals surface area contributed by atoms with E-state index in [9.17, 15) is 4.79 Å². The smallest absolute Gasteiger partial charge is 0.184 e. The highest BCUT2D eigenvalue weighted by atomic mass is 32.2. The second-order valence-electron chi connectivity index (χ2n) is 2.99. The van der Waals surface area contributed by atoms with E-state index in [4.69, 9.17) is 0 Å². The van der Waals surface area contributed by atoms with Crippen LogP contribution in [0.3, 0.4) is 0 Å². The number of carbonyl (C=O) groups is 1. The van der Waals surface area contributed by atoms with Crippen LogP contribution in [0.15, 0.2) is 21.8 Å². The van der Waals surface area contributed by atoms with E-state index in [0.717, 1.165) is 18.1 Å². The van der Waals surface area contributed by atoms with Gasteiger partial charge in [-0.3, -0.25) is 4.79 Å². The molecule has 2 rings (SSSR count).